The van der Waals surface area contributed by atoms with Gasteiger partial charge in [-0.15, -0.1) is 10.2 Å². The molecular formula is C14H22ClN5O2. The van der Waals surface area contributed by atoms with Gasteiger partial charge in [-0.3, -0.25) is 0 Å². The first-order chi connectivity index (χ1) is 10.2. The largest absolute Gasteiger partial charge is 0.444 e. The Morgan fingerprint density at radius 3 is 2.77 bits per heavy atom. The number of anilines is 1. The minimum atomic E-state index is -0.488. The molecular weight excluding hydrogens is 306 g/mol. The molecule has 1 aliphatic heterocycles. The van der Waals surface area contributed by atoms with E-state index in [1.165, 1.54) is 0 Å². The van der Waals surface area contributed by atoms with Gasteiger partial charge in [0.05, 0.1) is 5.69 Å². The number of piperidine rings is 1. The maximum absolute atomic E-state index is 12.1. The SMILES string of the molecule is Cc1nc(N[C@@H]2CCCN(C(=O)OC(C)(C)C)C2)nnc1Cl. The Labute approximate surface area is 135 Å². The number of halogens is 1. The number of nitrogens with zero attached hydrogens (tertiary/aromatic N) is 4. The summed E-state index contributed by atoms with van der Waals surface area (Å²) in [5.41, 5.74) is 0.136. The van der Waals surface area contributed by atoms with Gasteiger partial charge in [-0.05, 0) is 40.5 Å². The fraction of sp³-hybridized carbons (Fsp3) is 0.714. The van der Waals surface area contributed by atoms with Crippen molar-refractivity contribution >= 4 is 23.6 Å². The maximum Gasteiger partial charge on any atom is 0.410 e. The molecule has 122 valence electrons. The Kier molecular flexibility index (Phi) is 5.05. The summed E-state index contributed by atoms with van der Waals surface area (Å²) in [6.07, 6.45) is 1.55. The van der Waals surface area contributed by atoms with Crippen LogP contribution in [0.4, 0.5) is 10.7 Å². The van der Waals surface area contributed by atoms with E-state index in [9.17, 15) is 4.79 Å². The van der Waals surface area contributed by atoms with Crippen LogP contribution in [0.5, 0.6) is 0 Å². The van der Waals surface area contributed by atoms with Crippen molar-refractivity contribution in [2.45, 2.75) is 52.2 Å². The van der Waals surface area contributed by atoms with Crippen molar-refractivity contribution in [3.8, 4) is 0 Å². The third-order valence-corrected chi connectivity index (χ3v) is 3.56. The number of rotatable bonds is 2. The van der Waals surface area contributed by atoms with Crippen LogP contribution in [0.2, 0.25) is 5.15 Å². The van der Waals surface area contributed by atoms with Crippen molar-refractivity contribution in [2.75, 3.05) is 18.4 Å². The zero-order valence-corrected chi connectivity index (χ0v) is 14.1. The van der Waals surface area contributed by atoms with E-state index in [0.717, 1.165) is 12.8 Å². The van der Waals surface area contributed by atoms with Gasteiger partial charge in [0, 0.05) is 19.1 Å². The van der Waals surface area contributed by atoms with Crippen molar-refractivity contribution in [1.29, 1.82) is 0 Å². The van der Waals surface area contributed by atoms with Gasteiger partial charge < -0.3 is 15.0 Å². The number of likely N-dealkylation sites (tertiary alicyclic amines) is 1. The van der Waals surface area contributed by atoms with Crippen LogP contribution in [-0.4, -0.2) is 50.9 Å². The van der Waals surface area contributed by atoms with Crippen LogP contribution in [-0.2, 0) is 4.74 Å². The molecule has 0 aromatic carbocycles. The van der Waals surface area contributed by atoms with Crippen LogP contribution in [0, 0.1) is 6.92 Å². The molecule has 22 heavy (non-hydrogen) atoms. The molecule has 7 nitrogen and oxygen atoms in total. The standard InChI is InChI=1S/C14H22ClN5O2/c1-9-11(15)18-19-12(16-9)17-10-6-5-7-20(8-10)13(21)22-14(2,3)4/h10H,5-8H2,1-4H3,(H,16,17,19)/t10-/m1/s1. The van der Waals surface area contributed by atoms with Crippen LogP contribution < -0.4 is 5.32 Å². The van der Waals surface area contributed by atoms with E-state index in [1.807, 2.05) is 20.8 Å². The highest BCUT2D eigenvalue weighted by molar-refractivity contribution is 6.29. The van der Waals surface area contributed by atoms with Crippen LogP contribution in [0.15, 0.2) is 0 Å². The van der Waals surface area contributed by atoms with Gasteiger partial charge in [-0.1, -0.05) is 11.6 Å². The second kappa shape index (κ2) is 6.64. The second-order valence-corrected chi connectivity index (χ2v) is 6.78. The lowest BCUT2D eigenvalue weighted by molar-refractivity contribution is 0.0206. The molecule has 8 heteroatoms. The second-order valence-electron chi connectivity index (χ2n) is 6.42. The van der Waals surface area contributed by atoms with Crippen LogP contribution >= 0.6 is 11.6 Å². The molecule has 0 saturated carbocycles. The number of amides is 1. The van der Waals surface area contributed by atoms with Crippen molar-refractivity contribution in [1.82, 2.24) is 20.1 Å². The van der Waals surface area contributed by atoms with E-state index in [2.05, 4.69) is 20.5 Å². The maximum atomic E-state index is 12.1. The lowest BCUT2D eigenvalue weighted by Gasteiger charge is -2.34. The van der Waals surface area contributed by atoms with Gasteiger partial charge in [0.15, 0.2) is 5.15 Å². The van der Waals surface area contributed by atoms with Crippen LogP contribution in [0.3, 0.4) is 0 Å². The summed E-state index contributed by atoms with van der Waals surface area (Å²) >= 11 is 5.82. The van der Waals surface area contributed by atoms with Crippen LogP contribution in [0.25, 0.3) is 0 Å². The number of aromatic nitrogens is 3. The molecule has 1 atom stereocenters. The van der Waals surface area contributed by atoms with Gasteiger partial charge in [0.2, 0.25) is 5.95 Å². The van der Waals surface area contributed by atoms with Crippen LogP contribution in [0.1, 0.15) is 39.3 Å². The molecule has 1 fully saturated rings. The summed E-state index contributed by atoms with van der Waals surface area (Å²) in [5.74, 6) is 0.429. The number of aryl methyl sites for hydroxylation is 1. The summed E-state index contributed by atoms with van der Waals surface area (Å²) in [5, 5.41) is 11.3. The van der Waals surface area contributed by atoms with E-state index >= 15 is 0 Å². The Morgan fingerprint density at radius 1 is 1.41 bits per heavy atom. The predicted octanol–water partition coefficient (Wildman–Crippen LogP) is 2.64. The summed E-state index contributed by atoms with van der Waals surface area (Å²) in [4.78, 5) is 18.1. The lowest BCUT2D eigenvalue weighted by Crippen LogP contribution is -2.47. The average molecular weight is 328 g/mol. The molecule has 1 amide bonds. The molecule has 0 unspecified atom stereocenters. The fourth-order valence-corrected chi connectivity index (χ4v) is 2.30. The minimum Gasteiger partial charge on any atom is -0.444 e. The number of hydrogen-bond donors (Lipinski definition) is 1. The molecule has 1 saturated heterocycles. The van der Waals surface area contributed by atoms with Crippen molar-refractivity contribution in [3.63, 3.8) is 0 Å². The lowest BCUT2D eigenvalue weighted by atomic mass is 10.1. The molecule has 0 spiro atoms. The highest BCUT2D eigenvalue weighted by atomic mass is 35.5. The molecule has 0 aliphatic carbocycles. The van der Waals surface area contributed by atoms with Crippen molar-refractivity contribution < 1.29 is 9.53 Å². The quantitative estimate of drug-likeness (QED) is 0.899. The van der Waals surface area contributed by atoms with Gasteiger partial charge in [-0.2, -0.15) is 0 Å². The highest BCUT2D eigenvalue weighted by Crippen LogP contribution is 2.18. The van der Waals surface area contributed by atoms with E-state index < -0.39 is 5.60 Å². The molecule has 0 bridgehead atoms. The smallest absolute Gasteiger partial charge is 0.410 e. The van der Waals surface area contributed by atoms with Gasteiger partial charge in [0.25, 0.3) is 0 Å². The molecule has 2 heterocycles. The van der Waals surface area contributed by atoms with Crippen molar-refractivity contribution in [2.24, 2.45) is 0 Å². The zero-order valence-electron chi connectivity index (χ0n) is 13.4. The number of carbonyl (C=O) groups is 1. The Morgan fingerprint density at radius 2 is 2.14 bits per heavy atom. The summed E-state index contributed by atoms with van der Waals surface area (Å²) < 4.78 is 5.41. The molecule has 1 aromatic rings. The monoisotopic (exact) mass is 327 g/mol. The van der Waals surface area contributed by atoms with Gasteiger partial charge in [0.1, 0.15) is 5.60 Å². The van der Waals surface area contributed by atoms with E-state index in [-0.39, 0.29) is 12.1 Å². The van der Waals surface area contributed by atoms with E-state index in [0.29, 0.717) is 29.9 Å². The average Bonchev–Trinajstić information content (AvgIpc) is 2.41. The number of carbonyl (C=O) groups excluding carboxylic acids is 1. The summed E-state index contributed by atoms with van der Waals surface area (Å²) in [6, 6.07) is 0.0728. The third kappa shape index (κ3) is 4.69. The molecule has 1 aromatic heterocycles. The first-order valence-corrected chi connectivity index (χ1v) is 7.73. The minimum absolute atomic E-state index is 0.0728. The van der Waals surface area contributed by atoms with Gasteiger partial charge in [-0.25, -0.2) is 9.78 Å². The van der Waals surface area contributed by atoms with Gasteiger partial charge >= 0.3 is 6.09 Å². The Hall–Kier alpha value is -1.63. The van der Waals surface area contributed by atoms with E-state index in [4.69, 9.17) is 16.3 Å². The molecule has 0 radical (unpaired) electrons. The summed E-state index contributed by atoms with van der Waals surface area (Å²) in [7, 11) is 0. The Balaban J connectivity index is 1.95. The third-order valence-electron chi connectivity index (χ3n) is 3.21. The predicted molar refractivity (Wildman–Crippen MR) is 84.0 cm³/mol. The fourth-order valence-electron chi connectivity index (χ4n) is 2.22. The zero-order chi connectivity index (χ0) is 16.3. The first kappa shape index (κ1) is 16.7. The summed E-state index contributed by atoms with van der Waals surface area (Å²) in [6.45, 7) is 8.61. The molecule has 1 N–H and O–H groups in total. The molecule has 1 aliphatic rings. The Bertz CT molecular complexity index is 547. The topological polar surface area (TPSA) is 80.2 Å². The molecule has 2 rings (SSSR count). The number of hydrogen-bond acceptors (Lipinski definition) is 6. The number of ether oxygens (including phenoxy) is 1. The normalized spacial score (nSPS) is 19.0. The van der Waals surface area contributed by atoms with E-state index in [1.54, 1.807) is 11.8 Å². The highest BCUT2D eigenvalue weighted by Gasteiger charge is 2.28. The first-order valence-electron chi connectivity index (χ1n) is 7.36. The number of nitrogens with one attached hydrogen (secondary N) is 1. The van der Waals surface area contributed by atoms with Crippen molar-refractivity contribution in [3.05, 3.63) is 10.8 Å².